The Morgan fingerprint density at radius 1 is 1.23 bits per heavy atom. The average Bonchev–Trinajstić information content (AvgIpc) is 3.15. The fourth-order valence-corrected chi connectivity index (χ4v) is 3.85. The van der Waals surface area contributed by atoms with Crippen LogP contribution in [0, 0.1) is 5.92 Å². The van der Waals surface area contributed by atoms with Crippen LogP contribution in [0.5, 0.6) is 5.75 Å². The fourth-order valence-electron chi connectivity index (χ4n) is 3.01. The lowest BCUT2D eigenvalue weighted by molar-refractivity contribution is -0.143. The zero-order chi connectivity index (χ0) is 18.5. The number of likely N-dealkylation sites (tertiary alicyclic amines) is 1. The summed E-state index contributed by atoms with van der Waals surface area (Å²) in [5, 5.41) is 14.0. The summed E-state index contributed by atoms with van der Waals surface area (Å²) >= 11 is 1.61. The summed E-state index contributed by atoms with van der Waals surface area (Å²) < 4.78 is 5.17. The van der Waals surface area contributed by atoms with Crippen LogP contribution in [0.25, 0.3) is 11.1 Å². The molecule has 2 heterocycles. The van der Waals surface area contributed by atoms with E-state index in [2.05, 4.69) is 16.8 Å². The van der Waals surface area contributed by atoms with E-state index in [9.17, 15) is 9.59 Å². The topological polar surface area (TPSA) is 78.9 Å². The zero-order valence-electron chi connectivity index (χ0n) is 14.6. The van der Waals surface area contributed by atoms with Gasteiger partial charge in [0, 0.05) is 18.0 Å². The van der Waals surface area contributed by atoms with Gasteiger partial charge in [0.1, 0.15) is 5.75 Å². The molecular weight excluding hydrogens is 352 g/mol. The maximum atomic E-state index is 12.3. The Bertz CT molecular complexity index is 764. The highest BCUT2D eigenvalue weighted by Crippen LogP contribution is 2.27. The number of aliphatic carboxylic acids is 1. The first-order valence-corrected chi connectivity index (χ1v) is 9.42. The van der Waals surface area contributed by atoms with Gasteiger partial charge in [0.15, 0.2) is 0 Å². The normalized spacial score (nSPS) is 14.9. The highest BCUT2D eigenvalue weighted by atomic mass is 32.1. The minimum absolute atomic E-state index is 0.131. The number of methoxy groups -OCH3 is 1. The lowest BCUT2D eigenvalue weighted by Gasteiger charge is -2.30. The van der Waals surface area contributed by atoms with Gasteiger partial charge in [-0.1, -0.05) is 12.1 Å². The van der Waals surface area contributed by atoms with E-state index in [-0.39, 0.29) is 11.9 Å². The first-order valence-electron chi connectivity index (χ1n) is 8.54. The number of piperidine rings is 1. The standard InChI is InChI=1S/C19H22N2O4S/c1-25-16-4-2-13(3-5-16)15-10-17(26-12-15)11-20-19(24)21-8-6-14(7-9-21)18(22)23/h2-5,10,12,14H,6-9,11H2,1H3,(H,20,24)(H,22,23). The van der Waals surface area contributed by atoms with Crippen LogP contribution >= 0.6 is 11.3 Å². The molecule has 7 heteroatoms. The van der Waals surface area contributed by atoms with E-state index in [0.717, 1.165) is 21.8 Å². The highest BCUT2D eigenvalue weighted by molar-refractivity contribution is 7.10. The Labute approximate surface area is 156 Å². The van der Waals surface area contributed by atoms with Crippen molar-refractivity contribution >= 4 is 23.3 Å². The van der Waals surface area contributed by atoms with Crippen LogP contribution in [0.4, 0.5) is 4.79 Å². The van der Waals surface area contributed by atoms with Gasteiger partial charge in [-0.2, -0.15) is 0 Å². The van der Waals surface area contributed by atoms with Crippen LogP contribution in [-0.4, -0.2) is 42.2 Å². The molecule has 0 spiro atoms. The second-order valence-electron chi connectivity index (χ2n) is 6.29. The monoisotopic (exact) mass is 374 g/mol. The number of hydrogen-bond acceptors (Lipinski definition) is 4. The summed E-state index contributed by atoms with van der Waals surface area (Å²) in [6, 6.07) is 9.81. The summed E-state index contributed by atoms with van der Waals surface area (Å²) in [6.07, 6.45) is 1.03. The van der Waals surface area contributed by atoms with Crippen molar-refractivity contribution in [3.05, 3.63) is 40.6 Å². The van der Waals surface area contributed by atoms with Crippen molar-refractivity contribution in [2.45, 2.75) is 19.4 Å². The number of amides is 2. The SMILES string of the molecule is COc1ccc(-c2csc(CNC(=O)N3CCC(C(=O)O)CC3)c2)cc1. The molecule has 1 fully saturated rings. The Balaban J connectivity index is 1.51. The second kappa shape index (κ2) is 8.23. The summed E-state index contributed by atoms with van der Waals surface area (Å²) in [6.45, 7) is 1.45. The largest absolute Gasteiger partial charge is 0.497 e. The average molecular weight is 374 g/mol. The van der Waals surface area contributed by atoms with Crippen molar-refractivity contribution < 1.29 is 19.4 Å². The molecule has 1 saturated heterocycles. The lowest BCUT2D eigenvalue weighted by Crippen LogP contribution is -2.45. The van der Waals surface area contributed by atoms with Crippen molar-refractivity contribution in [1.82, 2.24) is 10.2 Å². The number of carboxylic acid groups (broad SMARTS) is 1. The molecule has 2 aromatic rings. The van der Waals surface area contributed by atoms with Gasteiger partial charge in [-0.3, -0.25) is 4.79 Å². The molecule has 0 bridgehead atoms. The predicted octanol–water partition coefficient (Wildman–Crippen LogP) is 3.43. The van der Waals surface area contributed by atoms with E-state index in [1.165, 1.54) is 0 Å². The van der Waals surface area contributed by atoms with Crippen molar-refractivity contribution in [1.29, 1.82) is 0 Å². The summed E-state index contributed by atoms with van der Waals surface area (Å²) in [7, 11) is 1.64. The second-order valence-corrected chi connectivity index (χ2v) is 7.28. The first-order chi connectivity index (χ1) is 12.6. The maximum absolute atomic E-state index is 12.3. The Morgan fingerprint density at radius 3 is 2.54 bits per heavy atom. The molecular formula is C19H22N2O4S. The van der Waals surface area contributed by atoms with E-state index in [1.807, 2.05) is 24.3 Å². The molecule has 0 atom stereocenters. The van der Waals surface area contributed by atoms with Crippen LogP contribution < -0.4 is 10.1 Å². The third-order valence-electron chi connectivity index (χ3n) is 4.62. The molecule has 1 aliphatic rings. The third-order valence-corrected chi connectivity index (χ3v) is 5.56. The van der Waals surface area contributed by atoms with Crippen molar-refractivity contribution in [3.63, 3.8) is 0 Å². The smallest absolute Gasteiger partial charge is 0.317 e. The highest BCUT2D eigenvalue weighted by Gasteiger charge is 2.26. The molecule has 138 valence electrons. The maximum Gasteiger partial charge on any atom is 0.317 e. The van der Waals surface area contributed by atoms with Gasteiger partial charge in [0.25, 0.3) is 0 Å². The predicted molar refractivity (Wildman–Crippen MR) is 100 cm³/mol. The molecule has 1 aliphatic heterocycles. The molecule has 1 aromatic heterocycles. The van der Waals surface area contributed by atoms with Gasteiger partial charge in [-0.25, -0.2) is 4.79 Å². The Kier molecular flexibility index (Phi) is 5.78. The number of rotatable bonds is 5. The van der Waals surface area contributed by atoms with E-state index >= 15 is 0 Å². The van der Waals surface area contributed by atoms with Crippen LogP contribution in [0.2, 0.25) is 0 Å². The van der Waals surface area contributed by atoms with Crippen molar-refractivity contribution in [2.24, 2.45) is 5.92 Å². The molecule has 3 rings (SSSR count). The third kappa shape index (κ3) is 4.35. The molecule has 0 radical (unpaired) electrons. The van der Waals surface area contributed by atoms with Gasteiger partial charge in [-0.05, 0) is 47.5 Å². The number of hydrogen-bond donors (Lipinski definition) is 2. The Hall–Kier alpha value is -2.54. The molecule has 2 amide bonds. The molecule has 0 saturated carbocycles. The number of carbonyl (C=O) groups is 2. The summed E-state index contributed by atoms with van der Waals surface area (Å²) in [5.41, 5.74) is 2.22. The number of benzene rings is 1. The fraction of sp³-hybridized carbons (Fsp3) is 0.368. The number of carboxylic acids is 1. The van der Waals surface area contributed by atoms with Crippen molar-refractivity contribution in [3.8, 4) is 16.9 Å². The minimum Gasteiger partial charge on any atom is -0.497 e. The number of ether oxygens (including phenoxy) is 1. The van der Waals surface area contributed by atoms with Gasteiger partial charge in [-0.15, -0.1) is 11.3 Å². The van der Waals surface area contributed by atoms with Gasteiger partial charge in [0.05, 0.1) is 19.6 Å². The molecule has 6 nitrogen and oxygen atoms in total. The number of urea groups is 1. The molecule has 1 aromatic carbocycles. The van der Waals surface area contributed by atoms with Crippen molar-refractivity contribution in [2.75, 3.05) is 20.2 Å². The van der Waals surface area contributed by atoms with Crippen LogP contribution in [0.15, 0.2) is 35.7 Å². The van der Waals surface area contributed by atoms with E-state index in [1.54, 1.807) is 23.3 Å². The molecule has 0 unspecified atom stereocenters. The summed E-state index contributed by atoms with van der Waals surface area (Å²) in [4.78, 5) is 26.0. The molecule has 26 heavy (non-hydrogen) atoms. The van der Waals surface area contributed by atoms with E-state index in [4.69, 9.17) is 9.84 Å². The van der Waals surface area contributed by atoms with Gasteiger partial charge < -0.3 is 20.1 Å². The lowest BCUT2D eigenvalue weighted by atomic mass is 9.97. The minimum atomic E-state index is -0.769. The number of nitrogens with one attached hydrogen (secondary N) is 1. The number of thiophene rings is 1. The molecule has 0 aliphatic carbocycles. The molecule has 2 N–H and O–H groups in total. The zero-order valence-corrected chi connectivity index (χ0v) is 15.4. The van der Waals surface area contributed by atoms with Crippen LogP contribution in [0.3, 0.4) is 0 Å². The van der Waals surface area contributed by atoms with Gasteiger partial charge in [0.2, 0.25) is 0 Å². The number of nitrogens with zero attached hydrogens (tertiary/aromatic N) is 1. The first kappa shape index (κ1) is 18.3. The number of carbonyl (C=O) groups excluding carboxylic acids is 1. The van der Waals surface area contributed by atoms with E-state index < -0.39 is 5.97 Å². The van der Waals surface area contributed by atoms with Crippen LogP contribution in [-0.2, 0) is 11.3 Å². The van der Waals surface area contributed by atoms with E-state index in [0.29, 0.717) is 32.5 Å². The summed E-state index contributed by atoms with van der Waals surface area (Å²) in [5.74, 6) is -0.277. The Morgan fingerprint density at radius 2 is 1.92 bits per heavy atom. The van der Waals surface area contributed by atoms with Crippen LogP contribution in [0.1, 0.15) is 17.7 Å². The van der Waals surface area contributed by atoms with Gasteiger partial charge >= 0.3 is 12.0 Å². The quantitative estimate of drug-likeness (QED) is 0.840.